The molecule has 86 valence electrons. The minimum atomic E-state index is -0.629. The molecule has 17 heavy (non-hydrogen) atoms. The van der Waals surface area contributed by atoms with Crippen LogP contribution in [0.5, 0.6) is 11.5 Å². The minimum Gasteiger partial charge on any atom is -0.518 e. The van der Waals surface area contributed by atoms with Crippen LogP contribution in [-0.4, -0.2) is 18.5 Å². The number of ether oxygens (including phenoxy) is 2. The number of Topliss-reactive ketones (excluding diaryl/α,β-unsaturated/α-hetero) is 1. The maximum atomic E-state index is 12.0. The van der Waals surface area contributed by atoms with E-state index in [-0.39, 0.29) is 24.6 Å². The van der Waals surface area contributed by atoms with Crippen LogP contribution in [-0.2, 0) is 0 Å². The van der Waals surface area contributed by atoms with Crippen LogP contribution in [0, 0.1) is 4.83 Å². The van der Waals surface area contributed by atoms with Crippen molar-refractivity contribution in [3.05, 3.63) is 28.6 Å². The molecule has 1 aliphatic heterocycles. The summed E-state index contributed by atoms with van der Waals surface area (Å²) in [7, 11) is 1.58. The molecule has 1 aliphatic rings. The van der Waals surface area contributed by atoms with E-state index < -0.39 is 5.60 Å². The summed E-state index contributed by atoms with van der Waals surface area (Å²) >= 11 is 3.29. The van der Waals surface area contributed by atoms with E-state index in [1.54, 1.807) is 25.3 Å². The minimum absolute atomic E-state index is 0. The Kier molecular flexibility index (Phi) is 4.24. The first-order valence-electron chi connectivity index (χ1n) is 4.90. The van der Waals surface area contributed by atoms with Gasteiger partial charge >= 0.3 is 18.9 Å². The molecular weight excluding hydrogens is 279 g/mol. The predicted octanol–water partition coefficient (Wildman–Crippen LogP) is -0.0202. The molecule has 1 aromatic rings. The summed E-state index contributed by atoms with van der Waals surface area (Å²) < 4.78 is 10.9. The fraction of sp³-hybridized carbons (Fsp3) is 0.333. The van der Waals surface area contributed by atoms with Gasteiger partial charge in [0.05, 0.1) is 18.5 Å². The zero-order valence-electron chi connectivity index (χ0n) is 10.3. The van der Waals surface area contributed by atoms with Crippen LogP contribution < -0.4 is 28.3 Å². The van der Waals surface area contributed by atoms with Crippen molar-refractivity contribution in [1.29, 1.82) is 0 Å². The summed E-state index contributed by atoms with van der Waals surface area (Å²) in [5.74, 6) is 1.21. The molecule has 0 saturated carbocycles. The summed E-state index contributed by atoms with van der Waals surface area (Å²) in [6.45, 7) is 3.69. The fourth-order valence-corrected chi connectivity index (χ4v) is 1.91. The van der Waals surface area contributed by atoms with Gasteiger partial charge in [0.1, 0.15) is 5.75 Å². The summed E-state index contributed by atoms with van der Waals surface area (Å²) in [5, 5.41) is 0. The maximum Gasteiger partial charge on any atom is 1.00 e. The third-order valence-corrected chi connectivity index (χ3v) is 3.84. The molecule has 0 unspecified atom stereocenters. The fourth-order valence-electron chi connectivity index (χ4n) is 1.61. The van der Waals surface area contributed by atoms with Crippen molar-refractivity contribution >= 4 is 21.7 Å². The summed E-state index contributed by atoms with van der Waals surface area (Å²) in [6.07, 6.45) is 0. The molecule has 0 saturated heterocycles. The molecule has 0 radical (unpaired) electrons. The van der Waals surface area contributed by atoms with E-state index >= 15 is 0 Å². The number of fused-ring (bicyclic) bond motifs is 1. The first kappa shape index (κ1) is 14.5. The number of carbonyl (C=O) groups excluding carboxylic acids is 1. The largest absolute Gasteiger partial charge is 1.00 e. The normalized spacial score (nSPS) is 16.7. The van der Waals surface area contributed by atoms with Gasteiger partial charge in [0.2, 0.25) is 0 Å². The summed E-state index contributed by atoms with van der Waals surface area (Å²) in [4.78, 5) is 12.6. The van der Waals surface area contributed by atoms with Gasteiger partial charge in [0, 0.05) is 11.8 Å². The molecule has 0 aromatic heterocycles. The monoisotopic (exact) mass is 290 g/mol. The van der Waals surface area contributed by atoms with E-state index in [9.17, 15) is 4.79 Å². The second kappa shape index (κ2) is 4.97. The van der Waals surface area contributed by atoms with Crippen molar-refractivity contribution in [3.63, 3.8) is 0 Å². The Balaban J connectivity index is 0.00000144. The molecule has 0 spiro atoms. The first-order chi connectivity index (χ1) is 7.45. The summed E-state index contributed by atoms with van der Waals surface area (Å²) in [6, 6.07) is 5.19. The average molecular weight is 291 g/mol. The number of benzene rings is 1. The van der Waals surface area contributed by atoms with Crippen molar-refractivity contribution < 1.29 is 33.1 Å². The van der Waals surface area contributed by atoms with Crippen molar-refractivity contribution in [1.82, 2.24) is 0 Å². The van der Waals surface area contributed by atoms with Crippen LogP contribution in [0.3, 0.4) is 0 Å². The molecule has 0 atom stereocenters. The molecular formula is C12H12BrLiO3. The molecule has 0 N–H and O–H groups in total. The number of rotatable bonds is 1. The van der Waals surface area contributed by atoms with Gasteiger partial charge in [0.25, 0.3) is 0 Å². The van der Waals surface area contributed by atoms with E-state index in [1.165, 1.54) is 0 Å². The molecule has 0 amide bonds. The number of methoxy groups -OCH3 is 1. The molecule has 2 rings (SSSR count). The Morgan fingerprint density at radius 1 is 1.41 bits per heavy atom. The number of hydrogen-bond acceptors (Lipinski definition) is 3. The van der Waals surface area contributed by atoms with Crippen molar-refractivity contribution in [2.75, 3.05) is 7.11 Å². The molecule has 1 aromatic carbocycles. The van der Waals surface area contributed by atoms with Crippen LogP contribution in [0.25, 0.3) is 0 Å². The first-order valence-corrected chi connectivity index (χ1v) is 5.69. The van der Waals surface area contributed by atoms with Crippen LogP contribution in [0.1, 0.15) is 24.2 Å². The standard InChI is InChI=1S/C12H12BrO3.Li/c1-12(2)11(13)10(14)8-5-4-7(15-3)6-9(8)16-12;/h4-6H,1-3H3;/q-1;+1. The smallest absolute Gasteiger partial charge is 0.518 e. The Bertz CT molecular complexity index is 445. The van der Waals surface area contributed by atoms with E-state index in [1.807, 2.05) is 13.8 Å². The van der Waals surface area contributed by atoms with Crippen LogP contribution >= 0.6 is 15.9 Å². The zero-order valence-corrected chi connectivity index (χ0v) is 11.9. The number of carbonyl (C=O) groups is 1. The Morgan fingerprint density at radius 3 is 2.65 bits per heavy atom. The molecule has 0 fully saturated rings. The van der Waals surface area contributed by atoms with Gasteiger partial charge in [-0.1, -0.05) is 10.4 Å². The van der Waals surface area contributed by atoms with Gasteiger partial charge in [-0.25, -0.2) is 0 Å². The van der Waals surface area contributed by atoms with Crippen LogP contribution in [0.2, 0.25) is 0 Å². The van der Waals surface area contributed by atoms with Gasteiger partial charge in [-0.05, 0) is 19.9 Å². The number of halogens is 1. The van der Waals surface area contributed by atoms with Crippen molar-refractivity contribution in [2.45, 2.75) is 19.4 Å². The Morgan fingerprint density at radius 2 is 2.06 bits per heavy atom. The van der Waals surface area contributed by atoms with Crippen molar-refractivity contribution in [3.8, 4) is 11.5 Å². The number of ketones is 1. The number of hydrogen-bond donors (Lipinski definition) is 0. The maximum absolute atomic E-state index is 12.0. The van der Waals surface area contributed by atoms with E-state index in [0.717, 1.165) is 0 Å². The van der Waals surface area contributed by atoms with Gasteiger partial charge < -0.3 is 14.3 Å². The van der Waals surface area contributed by atoms with Crippen LogP contribution in [0.4, 0.5) is 0 Å². The zero-order chi connectivity index (χ0) is 11.9. The van der Waals surface area contributed by atoms with Gasteiger partial charge in [-0.15, -0.1) is 6.07 Å². The van der Waals surface area contributed by atoms with Crippen LogP contribution in [0.15, 0.2) is 18.2 Å². The van der Waals surface area contributed by atoms with E-state index in [2.05, 4.69) is 15.9 Å². The van der Waals surface area contributed by atoms with E-state index in [0.29, 0.717) is 21.9 Å². The molecule has 0 bridgehead atoms. The second-order valence-electron chi connectivity index (χ2n) is 4.12. The van der Waals surface area contributed by atoms with Crippen molar-refractivity contribution in [2.24, 2.45) is 0 Å². The topological polar surface area (TPSA) is 35.5 Å². The third kappa shape index (κ3) is 2.49. The third-order valence-electron chi connectivity index (χ3n) is 2.53. The molecule has 3 nitrogen and oxygen atoms in total. The molecule has 5 heteroatoms. The van der Waals surface area contributed by atoms with Gasteiger partial charge in [0.15, 0.2) is 0 Å². The average Bonchev–Trinajstić information content (AvgIpc) is 2.25. The quantitative estimate of drug-likeness (QED) is 0.539. The Labute approximate surface area is 121 Å². The Hall–Kier alpha value is -0.563. The molecule has 1 heterocycles. The second-order valence-corrected chi connectivity index (χ2v) is 4.91. The summed E-state index contributed by atoms with van der Waals surface area (Å²) in [5.41, 5.74) is -0.0665. The van der Waals surface area contributed by atoms with E-state index in [4.69, 9.17) is 9.47 Å². The van der Waals surface area contributed by atoms with Gasteiger partial charge in [-0.2, -0.15) is 15.9 Å². The molecule has 0 aliphatic carbocycles. The SMILES string of the molecule is COc1ccc2c(c1)OC(C)(C)[C-](Br)C2=O.[Li+]. The van der Waals surface area contributed by atoms with Gasteiger partial charge in [-0.3, -0.25) is 0 Å². The predicted molar refractivity (Wildman–Crippen MR) is 64.2 cm³/mol.